The lowest BCUT2D eigenvalue weighted by molar-refractivity contribution is -0.122. The lowest BCUT2D eigenvalue weighted by Gasteiger charge is -2.28. The number of nitrogens with two attached hydrogens (primary N) is 1. The lowest BCUT2D eigenvalue weighted by Crippen LogP contribution is -2.52. The Morgan fingerprint density at radius 3 is 2.71 bits per heavy atom. The number of oxazole rings is 1. The number of nitrogens with one attached hydrogen (secondary N) is 1. The summed E-state index contributed by atoms with van der Waals surface area (Å²) in [7, 11) is 0. The van der Waals surface area contributed by atoms with Gasteiger partial charge >= 0.3 is 0 Å². The molecule has 0 spiro atoms. The van der Waals surface area contributed by atoms with E-state index in [1.807, 2.05) is 23.8 Å². The summed E-state index contributed by atoms with van der Waals surface area (Å²) in [6, 6.07) is 1.96. The van der Waals surface area contributed by atoms with Crippen LogP contribution in [0.15, 0.2) is 21.2 Å². The number of halogens is 2. The molecule has 5 nitrogen and oxygen atoms in total. The summed E-state index contributed by atoms with van der Waals surface area (Å²) in [4.78, 5) is 16.8. The number of hydrogen-bond acceptors (Lipinski definition) is 5. The van der Waals surface area contributed by atoms with Crippen molar-refractivity contribution in [3.63, 3.8) is 0 Å². The molecular formula is C16H23Cl2N3O2S. The fourth-order valence-corrected chi connectivity index (χ4v) is 3.66. The van der Waals surface area contributed by atoms with Gasteiger partial charge in [0, 0.05) is 17.5 Å². The number of aromatic nitrogens is 1. The van der Waals surface area contributed by atoms with Crippen LogP contribution < -0.4 is 11.1 Å². The number of aryl methyl sites for hydroxylation is 1. The zero-order valence-corrected chi connectivity index (χ0v) is 16.0. The van der Waals surface area contributed by atoms with Crippen molar-refractivity contribution in [2.75, 3.05) is 6.54 Å². The quantitative estimate of drug-likeness (QED) is 0.816. The second-order valence-corrected chi connectivity index (χ2v) is 6.73. The Morgan fingerprint density at radius 1 is 1.42 bits per heavy atom. The molecule has 3 N–H and O–H groups in total. The monoisotopic (exact) mass is 391 g/mol. The van der Waals surface area contributed by atoms with Crippen LogP contribution in [0.25, 0.3) is 11.5 Å². The molecule has 0 atom stereocenters. The molecule has 0 aliphatic heterocycles. The largest absolute Gasteiger partial charge is 0.441 e. The second-order valence-electron chi connectivity index (χ2n) is 5.95. The smallest absolute Gasteiger partial charge is 0.227 e. The molecule has 24 heavy (non-hydrogen) atoms. The van der Waals surface area contributed by atoms with E-state index < -0.39 is 0 Å². The number of nitrogens with zero attached hydrogens (tertiary/aromatic N) is 1. The van der Waals surface area contributed by atoms with Crippen LogP contribution in [-0.4, -0.2) is 23.0 Å². The molecule has 2 aromatic heterocycles. The predicted octanol–water partition coefficient (Wildman–Crippen LogP) is 3.49. The zero-order valence-electron chi connectivity index (χ0n) is 13.5. The number of carbonyl (C=O) groups is 1. The predicted molar refractivity (Wildman–Crippen MR) is 101 cm³/mol. The van der Waals surface area contributed by atoms with Crippen molar-refractivity contribution in [3.8, 4) is 11.5 Å². The molecule has 0 radical (unpaired) electrons. The third-order valence-corrected chi connectivity index (χ3v) is 5.03. The summed E-state index contributed by atoms with van der Waals surface area (Å²) in [5.41, 5.74) is 7.29. The van der Waals surface area contributed by atoms with Gasteiger partial charge in [0.05, 0.1) is 17.7 Å². The van der Waals surface area contributed by atoms with Crippen molar-refractivity contribution >= 4 is 42.1 Å². The van der Waals surface area contributed by atoms with Gasteiger partial charge in [0.2, 0.25) is 11.8 Å². The molecule has 1 amide bonds. The molecule has 0 bridgehead atoms. The first-order valence-electron chi connectivity index (χ1n) is 7.62. The Labute approximate surface area is 158 Å². The minimum Gasteiger partial charge on any atom is -0.441 e. The fraction of sp³-hybridized carbons (Fsp3) is 0.500. The van der Waals surface area contributed by atoms with E-state index in [0.717, 1.165) is 31.2 Å². The Hall–Kier alpha value is -1.08. The average molecular weight is 392 g/mol. The topological polar surface area (TPSA) is 81.2 Å². The third-order valence-electron chi connectivity index (χ3n) is 4.34. The number of carbonyl (C=O) groups excluding carboxylic acids is 1. The van der Waals surface area contributed by atoms with Crippen LogP contribution in [0.4, 0.5) is 0 Å². The molecule has 1 aliphatic carbocycles. The van der Waals surface area contributed by atoms with E-state index >= 15 is 0 Å². The first-order chi connectivity index (χ1) is 10.6. The van der Waals surface area contributed by atoms with Gasteiger partial charge in [0.25, 0.3) is 0 Å². The van der Waals surface area contributed by atoms with Gasteiger partial charge in [-0.1, -0.05) is 12.8 Å². The third kappa shape index (κ3) is 4.51. The van der Waals surface area contributed by atoms with Crippen LogP contribution in [-0.2, 0) is 11.2 Å². The number of amides is 1. The number of rotatable bonds is 5. The molecule has 1 fully saturated rings. The summed E-state index contributed by atoms with van der Waals surface area (Å²) in [6.07, 6.45) is 4.42. The van der Waals surface area contributed by atoms with Crippen molar-refractivity contribution in [1.82, 2.24) is 10.3 Å². The molecule has 8 heteroatoms. The first kappa shape index (κ1) is 21.0. The summed E-state index contributed by atoms with van der Waals surface area (Å²) >= 11 is 1.59. The van der Waals surface area contributed by atoms with E-state index in [9.17, 15) is 4.79 Å². The molecule has 1 saturated carbocycles. The van der Waals surface area contributed by atoms with E-state index in [2.05, 4.69) is 10.3 Å². The van der Waals surface area contributed by atoms with Gasteiger partial charge in [-0.25, -0.2) is 4.98 Å². The Bertz CT molecular complexity index is 652. The maximum absolute atomic E-state index is 12.3. The van der Waals surface area contributed by atoms with E-state index in [-0.39, 0.29) is 42.7 Å². The zero-order chi connectivity index (χ0) is 15.6. The van der Waals surface area contributed by atoms with Gasteiger partial charge in [-0.05, 0) is 31.2 Å². The molecule has 0 aromatic carbocycles. The van der Waals surface area contributed by atoms with Crippen LogP contribution in [0.5, 0.6) is 0 Å². The van der Waals surface area contributed by atoms with Crippen molar-refractivity contribution in [3.05, 3.63) is 28.3 Å². The van der Waals surface area contributed by atoms with Gasteiger partial charge in [0.15, 0.2) is 0 Å². The highest BCUT2D eigenvalue weighted by Crippen LogP contribution is 2.29. The average Bonchev–Trinajstić information content (AvgIpc) is 3.21. The van der Waals surface area contributed by atoms with Crippen molar-refractivity contribution in [2.45, 2.75) is 44.6 Å². The Morgan fingerprint density at radius 2 is 2.12 bits per heavy atom. The molecule has 134 valence electrons. The highest BCUT2D eigenvalue weighted by molar-refractivity contribution is 7.08. The number of hydrogen-bond donors (Lipinski definition) is 2. The maximum Gasteiger partial charge on any atom is 0.227 e. The van der Waals surface area contributed by atoms with E-state index in [1.165, 1.54) is 0 Å². The van der Waals surface area contributed by atoms with Crippen LogP contribution in [0, 0.1) is 6.92 Å². The van der Waals surface area contributed by atoms with Crippen LogP contribution in [0.2, 0.25) is 0 Å². The van der Waals surface area contributed by atoms with E-state index in [4.69, 9.17) is 10.2 Å². The van der Waals surface area contributed by atoms with Crippen molar-refractivity contribution in [1.29, 1.82) is 0 Å². The van der Waals surface area contributed by atoms with Crippen molar-refractivity contribution in [2.24, 2.45) is 5.73 Å². The molecule has 1 aliphatic rings. The molecule has 0 saturated heterocycles. The Kier molecular flexibility index (Phi) is 7.73. The molecule has 2 aromatic rings. The normalized spacial score (nSPS) is 15.4. The minimum absolute atomic E-state index is 0. The summed E-state index contributed by atoms with van der Waals surface area (Å²) in [6.45, 7) is 2.34. The number of thiophene rings is 1. The van der Waals surface area contributed by atoms with E-state index in [1.54, 1.807) is 11.3 Å². The first-order valence-corrected chi connectivity index (χ1v) is 8.56. The standard InChI is InChI=1S/C16H21N3O2S.2ClH/c1-11-13(18-15(21-11)12-4-7-22-9-12)8-14(20)19-16(10-17)5-2-3-6-16;;/h4,7,9H,2-3,5-6,8,10,17H2,1H3,(H,19,20);2*1H. The van der Waals surface area contributed by atoms with Gasteiger partial charge in [0.1, 0.15) is 5.76 Å². The van der Waals surface area contributed by atoms with Gasteiger partial charge in [-0.15, -0.1) is 24.8 Å². The maximum atomic E-state index is 12.3. The highest BCUT2D eigenvalue weighted by atomic mass is 35.5. The van der Waals surface area contributed by atoms with E-state index in [0.29, 0.717) is 23.9 Å². The lowest BCUT2D eigenvalue weighted by atomic mass is 9.97. The van der Waals surface area contributed by atoms with Crippen molar-refractivity contribution < 1.29 is 9.21 Å². The SMILES string of the molecule is Cc1oc(-c2ccsc2)nc1CC(=O)NC1(CN)CCCC1.Cl.Cl. The summed E-state index contributed by atoms with van der Waals surface area (Å²) < 4.78 is 5.67. The van der Waals surface area contributed by atoms with Gasteiger partial charge in [-0.3, -0.25) is 4.79 Å². The van der Waals surface area contributed by atoms with Crippen LogP contribution in [0.3, 0.4) is 0 Å². The van der Waals surface area contributed by atoms with Gasteiger partial charge in [-0.2, -0.15) is 11.3 Å². The molecule has 0 unspecified atom stereocenters. The Balaban J connectivity index is 0.00000144. The minimum atomic E-state index is -0.217. The van der Waals surface area contributed by atoms with Gasteiger partial charge < -0.3 is 15.5 Å². The fourth-order valence-electron chi connectivity index (χ4n) is 3.03. The molecule has 2 heterocycles. The van der Waals surface area contributed by atoms with Crippen LogP contribution in [0.1, 0.15) is 37.1 Å². The second kappa shape index (κ2) is 8.85. The highest BCUT2D eigenvalue weighted by Gasteiger charge is 2.34. The van der Waals surface area contributed by atoms with Crippen LogP contribution >= 0.6 is 36.2 Å². The molecule has 3 rings (SSSR count). The summed E-state index contributed by atoms with van der Waals surface area (Å²) in [5.74, 6) is 1.25. The molecular weight excluding hydrogens is 369 g/mol. The summed E-state index contributed by atoms with van der Waals surface area (Å²) in [5, 5.41) is 7.08.